The average molecular weight is 227 g/mol. The number of nitrogens with zero attached hydrogens (tertiary/aromatic N) is 2. The maximum Gasteiger partial charge on any atom is 0.331 e. The first-order chi connectivity index (χ1) is 7.15. The Labute approximate surface area is 91.2 Å². The summed E-state index contributed by atoms with van der Waals surface area (Å²) in [5, 5.41) is 10.7. The number of hydrogen-bond donors (Lipinski definition) is 0. The van der Waals surface area contributed by atoms with Gasteiger partial charge in [0, 0.05) is 12.5 Å². The van der Waals surface area contributed by atoms with Gasteiger partial charge >= 0.3 is 5.69 Å². The van der Waals surface area contributed by atoms with Crippen molar-refractivity contribution in [1.29, 1.82) is 0 Å². The predicted molar refractivity (Wildman–Crippen MR) is 54.8 cm³/mol. The monoisotopic (exact) mass is 226 g/mol. The molecule has 0 radical (unpaired) electrons. The molecule has 0 fully saturated rings. The van der Waals surface area contributed by atoms with Crippen molar-refractivity contribution < 1.29 is 9.66 Å². The zero-order valence-corrected chi connectivity index (χ0v) is 8.40. The molecule has 0 unspecified atom stereocenters. The van der Waals surface area contributed by atoms with Crippen molar-refractivity contribution in [2.75, 3.05) is 6.61 Å². The van der Waals surface area contributed by atoms with Crippen LogP contribution in [0.25, 0.3) is 0 Å². The molecule has 0 spiro atoms. The van der Waals surface area contributed by atoms with Crippen LogP contribution in [0.15, 0.2) is 12.1 Å². The molecule has 0 saturated carbocycles. The third-order valence-corrected chi connectivity index (χ3v) is 1.70. The first-order valence-corrected chi connectivity index (χ1v) is 4.40. The van der Waals surface area contributed by atoms with Gasteiger partial charge in [-0.3, -0.25) is 10.1 Å². The van der Waals surface area contributed by atoms with E-state index in [0.717, 1.165) is 0 Å². The van der Waals surface area contributed by atoms with Crippen molar-refractivity contribution in [3.8, 4) is 18.2 Å². The zero-order chi connectivity index (χ0) is 11.3. The molecule has 0 aliphatic rings. The summed E-state index contributed by atoms with van der Waals surface area (Å²) in [4.78, 5) is 13.7. The number of pyridine rings is 1. The molecule has 0 aliphatic heterocycles. The second-order valence-corrected chi connectivity index (χ2v) is 2.91. The molecule has 1 rings (SSSR count). The lowest BCUT2D eigenvalue weighted by Gasteiger charge is -2.03. The molecular formula is C9H7ClN2O3. The lowest BCUT2D eigenvalue weighted by molar-refractivity contribution is -0.386. The maximum atomic E-state index is 10.6. The molecule has 0 bridgehead atoms. The predicted octanol–water partition coefficient (Wildman–Crippen LogP) is 2.05. The lowest BCUT2D eigenvalue weighted by atomic mass is 10.4. The summed E-state index contributed by atoms with van der Waals surface area (Å²) in [6.07, 6.45) is 5.36. The van der Waals surface area contributed by atoms with E-state index < -0.39 is 4.92 Å². The number of nitro groups is 1. The highest BCUT2D eigenvalue weighted by atomic mass is 35.5. The lowest BCUT2D eigenvalue weighted by Crippen LogP contribution is -2.01. The average Bonchev–Trinajstić information content (AvgIpc) is 2.18. The molecule has 1 aromatic rings. The van der Waals surface area contributed by atoms with Gasteiger partial charge in [0.05, 0.1) is 4.92 Å². The molecule has 78 valence electrons. The van der Waals surface area contributed by atoms with Gasteiger partial charge < -0.3 is 4.74 Å². The van der Waals surface area contributed by atoms with Gasteiger partial charge in [-0.15, -0.1) is 12.3 Å². The Kier molecular flexibility index (Phi) is 3.89. The van der Waals surface area contributed by atoms with E-state index in [9.17, 15) is 10.1 Å². The van der Waals surface area contributed by atoms with Crippen LogP contribution in [-0.2, 0) is 0 Å². The number of terminal acetylenes is 1. The summed E-state index contributed by atoms with van der Waals surface area (Å²) in [7, 11) is 0. The highest BCUT2D eigenvalue weighted by molar-refractivity contribution is 6.29. The van der Waals surface area contributed by atoms with Crippen LogP contribution < -0.4 is 4.74 Å². The highest BCUT2D eigenvalue weighted by Gasteiger charge is 2.16. The van der Waals surface area contributed by atoms with Crippen LogP contribution in [0, 0.1) is 22.5 Å². The minimum Gasteiger partial charge on any atom is -0.472 e. The molecule has 1 heterocycles. The molecule has 0 aromatic carbocycles. The molecule has 6 heteroatoms. The van der Waals surface area contributed by atoms with E-state index in [1.807, 2.05) is 0 Å². The smallest absolute Gasteiger partial charge is 0.331 e. The summed E-state index contributed by atoms with van der Waals surface area (Å²) < 4.78 is 5.04. The first kappa shape index (κ1) is 11.3. The van der Waals surface area contributed by atoms with Crippen LogP contribution in [0.2, 0.25) is 5.15 Å². The van der Waals surface area contributed by atoms with Gasteiger partial charge in [0.15, 0.2) is 0 Å². The largest absolute Gasteiger partial charge is 0.472 e. The summed E-state index contributed by atoms with van der Waals surface area (Å²) in [5.74, 6) is 2.24. The molecule has 0 aliphatic carbocycles. The molecule has 5 nitrogen and oxygen atoms in total. The SMILES string of the molecule is C#CCCOc1nc(Cl)ccc1[N+](=O)[O-]. The van der Waals surface area contributed by atoms with E-state index in [1.165, 1.54) is 12.1 Å². The third-order valence-electron chi connectivity index (χ3n) is 1.49. The van der Waals surface area contributed by atoms with E-state index in [0.29, 0.717) is 6.42 Å². The number of halogens is 1. The van der Waals surface area contributed by atoms with Crippen LogP contribution in [0.4, 0.5) is 5.69 Å². The molecule has 0 amide bonds. The number of hydrogen-bond acceptors (Lipinski definition) is 4. The van der Waals surface area contributed by atoms with Gasteiger partial charge in [0.25, 0.3) is 5.88 Å². The molecule has 15 heavy (non-hydrogen) atoms. The normalized spacial score (nSPS) is 9.33. The second-order valence-electron chi connectivity index (χ2n) is 2.52. The topological polar surface area (TPSA) is 65.3 Å². The first-order valence-electron chi connectivity index (χ1n) is 4.02. The molecule has 0 atom stereocenters. The Bertz CT molecular complexity index is 414. The van der Waals surface area contributed by atoms with Gasteiger partial charge in [-0.2, -0.15) is 4.98 Å². The van der Waals surface area contributed by atoms with Gasteiger partial charge in [0.1, 0.15) is 11.8 Å². The molecule has 0 N–H and O–H groups in total. The third kappa shape index (κ3) is 3.11. The van der Waals surface area contributed by atoms with Gasteiger partial charge in [0.2, 0.25) is 0 Å². The van der Waals surface area contributed by atoms with Crippen molar-refractivity contribution in [1.82, 2.24) is 4.98 Å². The van der Waals surface area contributed by atoms with Crippen molar-refractivity contribution in [3.05, 3.63) is 27.4 Å². The standard InChI is InChI=1S/C9H7ClN2O3/c1-2-3-6-15-9-7(12(13)14)4-5-8(10)11-9/h1,4-5H,3,6H2. The quantitative estimate of drug-likeness (QED) is 0.259. The number of aromatic nitrogens is 1. The number of ether oxygens (including phenoxy) is 1. The van der Waals surface area contributed by atoms with Gasteiger partial charge in [-0.25, -0.2) is 0 Å². The van der Waals surface area contributed by atoms with E-state index >= 15 is 0 Å². The van der Waals surface area contributed by atoms with E-state index in [1.54, 1.807) is 0 Å². The summed E-state index contributed by atoms with van der Waals surface area (Å²) in [6, 6.07) is 2.56. The van der Waals surface area contributed by atoms with Crippen molar-refractivity contribution >= 4 is 17.3 Å². The maximum absolute atomic E-state index is 10.6. The van der Waals surface area contributed by atoms with Crippen LogP contribution in [0.5, 0.6) is 5.88 Å². The van der Waals surface area contributed by atoms with Crippen LogP contribution in [-0.4, -0.2) is 16.5 Å². The Morgan fingerprint density at radius 2 is 2.40 bits per heavy atom. The highest BCUT2D eigenvalue weighted by Crippen LogP contribution is 2.26. The summed E-state index contributed by atoms with van der Waals surface area (Å²) >= 11 is 5.58. The summed E-state index contributed by atoms with van der Waals surface area (Å²) in [5.41, 5.74) is -0.226. The van der Waals surface area contributed by atoms with Crippen molar-refractivity contribution in [3.63, 3.8) is 0 Å². The van der Waals surface area contributed by atoms with E-state index in [4.69, 9.17) is 22.8 Å². The zero-order valence-electron chi connectivity index (χ0n) is 7.64. The van der Waals surface area contributed by atoms with Crippen molar-refractivity contribution in [2.24, 2.45) is 0 Å². The fourth-order valence-electron chi connectivity index (χ4n) is 0.862. The Morgan fingerprint density at radius 1 is 1.67 bits per heavy atom. The molecule has 0 saturated heterocycles. The fraction of sp³-hybridized carbons (Fsp3) is 0.222. The van der Waals surface area contributed by atoms with Crippen LogP contribution in [0.3, 0.4) is 0 Å². The van der Waals surface area contributed by atoms with Crippen LogP contribution >= 0.6 is 11.6 Å². The van der Waals surface area contributed by atoms with E-state index in [-0.39, 0.29) is 23.3 Å². The Balaban J connectivity index is 2.88. The second kappa shape index (κ2) is 5.17. The minimum absolute atomic E-state index is 0.109. The minimum atomic E-state index is -0.589. The Morgan fingerprint density at radius 3 is 3.00 bits per heavy atom. The molecular weight excluding hydrogens is 220 g/mol. The summed E-state index contributed by atoms with van der Waals surface area (Å²) in [6.45, 7) is 0.171. The fourth-order valence-corrected chi connectivity index (χ4v) is 1.00. The van der Waals surface area contributed by atoms with Gasteiger partial charge in [-0.05, 0) is 6.07 Å². The molecule has 1 aromatic heterocycles. The van der Waals surface area contributed by atoms with Crippen LogP contribution in [0.1, 0.15) is 6.42 Å². The van der Waals surface area contributed by atoms with E-state index in [2.05, 4.69) is 10.9 Å². The van der Waals surface area contributed by atoms with Crippen molar-refractivity contribution in [2.45, 2.75) is 6.42 Å². The Hall–Kier alpha value is -1.80. The van der Waals surface area contributed by atoms with Gasteiger partial charge in [-0.1, -0.05) is 11.6 Å². The number of rotatable bonds is 4.